The molecule has 0 saturated carbocycles. The molecule has 0 bridgehead atoms. The van der Waals surface area contributed by atoms with Crippen LogP contribution in [0.3, 0.4) is 0 Å². The normalized spacial score (nSPS) is 13.5. The molecule has 1 aliphatic rings. The zero-order chi connectivity index (χ0) is 32.1. The first-order chi connectivity index (χ1) is 20.8. The Morgan fingerprint density at radius 3 is 2.34 bits per heavy atom. The van der Waals surface area contributed by atoms with Crippen LogP contribution in [0.25, 0.3) is 10.8 Å². The molecule has 0 radical (unpaired) electrons. The highest BCUT2D eigenvalue weighted by Gasteiger charge is 2.29. The molecule has 0 aliphatic carbocycles. The Labute approximate surface area is 253 Å². The third-order valence-corrected chi connectivity index (χ3v) is 9.17. The van der Waals surface area contributed by atoms with Crippen molar-refractivity contribution in [1.82, 2.24) is 0 Å². The molecule has 2 N–H and O–H groups in total. The van der Waals surface area contributed by atoms with Crippen LogP contribution in [0.2, 0.25) is 0 Å². The molecule has 1 atom stereocenters. The molecule has 1 unspecified atom stereocenters. The summed E-state index contributed by atoms with van der Waals surface area (Å²) in [4.78, 5) is 22.0. The number of methoxy groups -OCH3 is 1. The quantitative estimate of drug-likeness (QED) is 0.300. The number of nitrogens with two attached hydrogens (primary N) is 1. The predicted octanol–water partition coefficient (Wildman–Crippen LogP) is 4.00. The number of benzene rings is 4. The third kappa shape index (κ3) is 8.03. The number of aliphatic carboxylic acids is 1. The van der Waals surface area contributed by atoms with E-state index in [1.165, 1.54) is 23.6 Å². The largest absolute Gasteiger partial charge is 0.542 e. The maximum atomic E-state index is 13.2. The van der Waals surface area contributed by atoms with Gasteiger partial charge in [-0.2, -0.15) is 13.2 Å². The fraction of sp³-hybridized carbons (Fsp3) is 0.273. The first kappa shape index (κ1) is 32.7. The number of ketones is 1. The average Bonchev–Trinajstić information content (AvgIpc) is 3.44. The third-order valence-electron chi connectivity index (χ3n) is 7.48. The fourth-order valence-corrected chi connectivity index (χ4v) is 6.67. The summed E-state index contributed by atoms with van der Waals surface area (Å²) in [6.07, 6.45) is -4.60. The van der Waals surface area contributed by atoms with Gasteiger partial charge in [0, 0.05) is 29.5 Å². The number of alkyl halides is 3. The number of ether oxygens (including phenoxy) is 1. The zero-order valence-corrected chi connectivity index (χ0v) is 25.0. The van der Waals surface area contributed by atoms with Crippen LogP contribution in [-0.2, 0) is 44.7 Å². The number of halogens is 3. The molecular formula is C33H32F3NO6S. The Hall–Kier alpha value is -4.22. The van der Waals surface area contributed by atoms with Crippen molar-refractivity contribution in [2.75, 3.05) is 7.11 Å². The summed E-state index contributed by atoms with van der Waals surface area (Å²) in [5.41, 5.74) is 5.12. The van der Waals surface area contributed by atoms with Crippen molar-refractivity contribution in [3.05, 3.63) is 107 Å². The molecule has 0 amide bonds. The van der Waals surface area contributed by atoms with Gasteiger partial charge in [0.25, 0.3) is 0 Å². The smallest absolute Gasteiger partial charge is 0.430 e. The minimum atomic E-state index is -5.19. The van der Waals surface area contributed by atoms with E-state index in [9.17, 15) is 26.4 Å². The number of carboxylic acids is 1. The summed E-state index contributed by atoms with van der Waals surface area (Å²) in [6.45, 7) is 3.91. The van der Waals surface area contributed by atoms with E-state index in [-0.39, 0.29) is 28.8 Å². The lowest BCUT2D eigenvalue weighted by molar-refractivity contribution is -0.676. The minimum Gasteiger partial charge on any atom is -0.542 e. The molecule has 0 fully saturated rings. The van der Waals surface area contributed by atoms with Crippen LogP contribution in [0.5, 0.6) is 5.75 Å². The molecule has 4 aromatic carbocycles. The number of carbonyl (C=O) groups is 2. The highest BCUT2D eigenvalue weighted by Crippen LogP contribution is 2.30. The van der Waals surface area contributed by atoms with Crippen molar-refractivity contribution in [3.8, 4) is 5.75 Å². The lowest BCUT2D eigenvalue weighted by atomic mass is 9.90. The van der Waals surface area contributed by atoms with Gasteiger partial charge in [-0.3, -0.25) is 4.79 Å². The van der Waals surface area contributed by atoms with Crippen molar-refractivity contribution in [2.24, 2.45) is 0 Å². The molecule has 1 aliphatic heterocycles. The lowest BCUT2D eigenvalue weighted by Gasteiger charge is -2.15. The number of fused-ring (bicyclic) bond motifs is 2. The second-order valence-electron chi connectivity index (χ2n) is 10.7. The van der Waals surface area contributed by atoms with Crippen molar-refractivity contribution in [3.63, 3.8) is 0 Å². The van der Waals surface area contributed by atoms with Crippen LogP contribution < -0.4 is 15.2 Å². The van der Waals surface area contributed by atoms with E-state index in [0.717, 1.165) is 29.6 Å². The van der Waals surface area contributed by atoms with E-state index < -0.39 is 22.0 Å². The summed E-state index contributed by atoms with van der Waals surface area (Å²) in [6, 6.07) is 25.2. The Morgan fingerprint density at radius 1 is 0.955 bits per heavy atom. The highest BCUT2D eigenvalue weighted by molar-refractivity contribution is 7.90. The number of hydrogen-bond acceptors (Lipinski definition) is 6. The van der Waals surface area contributed by atoms with Crippen LogP contribution in [0.1, 0.15) is 47.1 Å². The van der Waals surface area contributed by atoms with Gasteiger partial charge in [0.1, 0.15) is 30.6 Å². The maximum Gasteiger partial charge on any atom is 0.430 e. The number of hydrogen-bond donors (Lipinski definition) is 1. The number of sulfone groups is 1. The van der Waals surface area contributed by atoms with Gasteiger partial charge in [0.15, 0.2) is 9.84 Å². The van der Waals surface area contributed by atoms with Crippen molar-refractivity contribution < 1.29 is 46.3 Å². The molecule has 0 saturated heterocycles. The van der Waals surface area contributed by atoms with Crippen molar-refractivity contribution in [2.45, 2.75) is 55.6 Å². The number of quaternary nitrogens is 1. The summed E-state index contributed by atoms with van der Waals surface area (Å²) in [5.74, 6) is -2.49. The number of rotatable bonds is 9. The summed E-state index contributed by atoms with van der Waals surface area (Å²) >= 11 is 0. The molecule has 44 heavy (non-hydrogen) atoms. The van der Waals surface area contributed by atoms with E-state index in [4.69, 9.17) is 14.6 Å². The highest BCUT2D eigenvalue weighted by atomic mass is 32.2. The Morgan fingerprint density at radius 2 is 1.64 bits per heavy atom. The minimum absolute atomic E-state index is 0.0640. The lowest BCUT2D eigenvalue weighted by Crippen LogP contribution is -2.77. The van der Waals surface area contributed by atoms with Gasteiger partial charge in [-0.05, 0) is 46.0 Å². The Bertz CT molecular complexity index is 1780. The molecule has 5 rings (SSSR count). The van der Waals surface area contributed by atoms with Gasteiger partial charge in [0.05, 0.1) is 17.8 Å². The zero-order valence-electron chi connectivity index (χ0n) is 24.2. The molecule has 4 aromatic rings. The van der Waals surface area contributed by atoms with Gasteiger partial charge < -0.3 is 20.0 Å². The summed E-state index contributed by atoms with van der Waals surface area (Å²) in [7, 11) is -2.05. The van der Waals surface area contributed by atoms with Crippen LogP contribution in [-0.4, -0.2) is 33.5 Å². The molecule has 7 nitrogen and oxygen atoms in total. The van der Waals surface area contributed by atoms with E-state index in [2.05, 4.69) is 36.5 Å². The number of carboxylic acid groups (broad SMARTS) is 1. The molecule has 0 aromatic heterocycles. The molecular weight excluding hydrogens is 595 g/mol. The predicted molar refractivity (Wildman–Crippen MR) is 156 cm³/mol. The summed E-state index contributed by atoms with van der Waals surface area (Å²) in [5, 5.41) is 13.3. The monoisotopic (exact) mass is 627 g/mol. The number of carbonyl (C=O) groups excluding carboxylic acids is 2. The molecule has 11 heteroatoms. The maximum absolute atomic E-state index is 13.2. The second-order valence-corrected chi connectivity index (χ2v) is 12.7. The standard InChI is InChI=1S/C31H31NO4S.C2HF3O2/c1-21(29-9-5-7-23-6-3-4-8-30(23)29)14-27(33)16-24-12-13-28(17-31(24)36-2)37(34,35)20-22-10-11-25-18-32-19-26(25)15-22;3-2(4,5)1(6)7/h3-13,15,17,21,32H,14,16,18-20H2,1-2H3;(H,6,7). The van der Waals surface area contributed by atoms with Crippen molar-refractivity contribution >= 4 is 32.4 Å². The fourth-order valence-electron chi connectivity index (χ4n) is 5.32. The van der Waals surface area contributed by atoms with Gasteiger partial charge in [-0.1, -0.05) is 67.6 Å². The van der Waals surface area contributed by atoms with E-state index in [1.54, 1.807) is 18.2 Å². The van der Waals surface area contributed by atoms with Gasteiger partial charge in [0.2, 0.25) is 0 Å². The first-order valence-electron chi connectivity index (χ1n) is 13.9. The van der Waals surface area contributed by atoms with Crippen LogP contribution in [0, 0.1) is 0 Å². The topological polar surface area (TPSA) is 117 Å². The van der Waals surface area contributed by atoms with E-state index in [1.807, 2.05) is 36.4 Å². The van der Waals surface area contributed by atoms with E-state index in [0.29, 0.717) is 17.7 Å². The van der Waals surface area contributed by atoms with Crippen LogP contribution in [0.15, 0.2) is 83.8 Å². The van der Waals surface area contributed by atoms with Crippen LogP contribution in [0.4, 0.5) is 13.2 Å². The summed E-state index contributed by atoms with van der Waals surface area (Å²) < 4.78 is 63.4. The van der Waals surface area contributed by atoms with Crippen molar-refractivity contribution in [1.29, 1.82) is 0 Å². The van der Waals surface area contributed by atoms with Gasteiger partial charge in [-0.15, -0.1) is 0 Å². The second kappa shape index (κ2) is 13.6. The molecule has 0 spiro atoms. The van der Waals surface area contributed by atoms with Gasteiger partial charge >= 0.3 is 6.18 Å². The first-order valence-corrected chi connectivity index (χ1v) is 15.5. The Kier molecular flexibility index (Phi) is 10.1. The molecule has 232 valence electrons. The SMILES string of the molecule is COc1cc(S(=O)(=O)Cc2ccc3c(c2)C[NH2+]C3)ccc1CC(=O)CC(C)c1cccc2ccccc12.O=C([O-])C(F)(F)F. The number of Topliss-reactive ketones (excluding diaryl/α,β-unsaturated/α-hetero) is 1. The van der Waals surface area contributed by atoms with Crippen LogP contribution >= 0.6 is 0 Å². The Balaban J connectivity index is 0.000000566. The molecule has 1 heterocycles. The van der Waals surface area contributed by atoms with Gasteiger partial charge in [-0.25, -0.2) is 8.42 Å². The average molecular weight is 628 g/mol. The van der Waals surface area contributed by atoms with E-state index >= 15 is 0 Å².